The Morgan fingerprint density at radius 1 is 1.03 bits per heavy atom. The molecule has 0 bridgehead atoms. The Hall–Kier alpha value is -3.21. The van der Waals surface area contributed by atoms with Crippen molar-refractivity contribution >= 4 is 11.6 Å². The summed E-state index contributed by atoms with van der Waals surface area (Å²) in [6.45, 7) is 8.52. The topological polar surface area (TPSA) is 64.0 Å². The predicted molar refractivity (Wildman–Crippen MR) is 121 cm³/mol. The van der Waals surface area contributed by atoms with Gasteiger partial charge in [0.05, 0.1) is 0 Å². The van der Waals surface area contributed by atoms with Crippen LogP contribution in [0.1, 0.15) is 52.4 Å². The lowest BCUT2D eigenvalue weighted by atomic mass is 10.0. The Labute approximate surface area is 177 Å². The Morgan fingerprint density at radius 3 is 2.33 bits per heavy atom. The number of para-hydroxylation sites is 1. The highest BCUT2D eigenvalue weighted by Gasteiger charge is 2.19. The van der Waals surface area contributed by atoms with E-state index in [0.717, 1.165) is 47.5 Å². The average molecular weight is 404 g/mol. The van der Waals surface area contributed by atoms with Crippen molar-refractivity contribution in [1.82, 2.24) is 9.55 Å². The number of nitrogens with zero attached hydrogens (tertiary/aromatic N) is 2. The quantitative estimate of drug-likeness (QED) is 0.633. The lowest BCUT2D eigenvalue weighted by molar-refractivity contribution is 0.102. The molecule has 0 saturated heterocycles. The van der Waals surface area contributed by atoms with Crippen molar-refractivity contribution in [2.45, 2.75) is 53.5 Å². The number of pyridine rings is 2. The van der Waals surface area contributed by atoms with E-state index in [2.05, 4.69) is 24.1 Å². The van der Waals surface area contributed by atoms with Crippen LogP contribution >= 0.6 is 0 Å². The number of hydrogen-bond acceptors (Lipinski definition) is 3. The van der Waals surface area contributed by atoms with Crippen LogP contribution in [0.2, 0.25) is 0 Å². The molecule has 1 amide bonds. The highest BCUT2D eigenvalue weighted by atomic mass is 16.2. The molecule has 0 aliphatic heterocycles. The summed E-state index contributed by atoms with van der Waals surface area (Å²) < 4.78 is 2.03. The van der Waals surface area contributed by atoms with Crippen LogP contribution in [0.3, 0.4) is 0 Å². The number of aryl methyl sites for hydroxylation is 4. The zero-order valence-corrected chi connectivity index (χ0v) is 18.2. The number of aromatic nitrogens is 2. The van der Waals surface area contributed by atoms with E-state index in [1.54, 1.807) is 12.3 Å². The maximum atomic E-state index is 13.2. The summed E-state index contributed by atoms with van der Waals surface area (Å²) in [6.07, 6.45) is 4.12. The van der Waals surface area contributed by atoms with Gasteiger partial charge in [0.15, 0.2) is 5.43 Å². The first-order valence-electron chi connectivity index (χ1n) is 10.5. The van der Waals surface area contributed by atoms with Gasteiger partial charge in [-0.25, -0.2) is 0 Å². The normalized spacial score (nSPS) is 10.8. The molecule has 5 nitrogen and oxygen atoms in total. The van der Waals surface area contributed by atoms with E-state index >= 15 is 0 Å². The minimum absolute atomic E-state index is 0.203. The summed E-state index contributed by atoms with van der Waals surface area (Å²) in [4.78, 5) is 30.3. The van der Waals surface area contributed by atoms with Gasteiger partial charge in [0.2, 0.25) is 0 Å². The number of hydrogen-bond donors (Lipinski definition) is 1. The Kier molecular flexibility index (Phi) is 6.83. The number of nitrogens with one attached hydrogen (secondary N) is 1. The minimum Gasteiger partial charge on any atom is -0.348 e. The van der Waals surface area contributed by atoms with Crippen molar-refractivity contribution in [3.63, 3.8) is 0 Å². The third kappa shape index (κ3) is 4.51. The van der Waals surface area contributed by atoms with Crippen molar-refractivity contribution in [2.24, 2.45) is 0 Å². The summed E-state index contributed by atoms with van der Waals surface area (Å²) in [6, 6.07) is 13.4. The van der Waals surface area contributed by atoms with Gasteiger partial charge in [-0.3, -0.25) is 14.6 Å². The van der Waals surface area contributed by atoms with Crippen LogP contribution in [0.5, 0.6) is 0 Å². The largest absolute Gasteiger partial charge is 0.348 e. The zero-order valence-electron chi connectivity index (χ0n) is 18.2. The van der Waals surface area contributed by atoms with E-state index in [1.807, 2.05) is 54.8 Å². The Balaban J connectivity index is 1.94. The summed E-state index contributed by atoms with van der Waals surface area (Å²) in [5, 5.41) is 3.03. The van der Waals surface area contributed by atoms with Crippen molar-refractivity contribution in [2.75, 3.05) is 5.32 Å². The van der Waals surface area contributed by atoms with E-state index in [0.29, 0.717) is 12.2 Å². The Morgan fingerprint density at radius 2 is 1.73 bits per heavy atom. The maximum absolute atomic E-state index is 13.2. The third-order valence-electron chi connectivity index (χ3n) is 5.56. The van der Waals surface area contributed by atoms with Crippen LogP contribution in [0, 0.1) is 13.8 Å². The zero-order chi connectivity index (χ0) is 21.7. The smallest absolute Gasteiger partial charge is 0.261 e. The van der Waals surface area contributed by atoms with Gasteiger partial charge in [-0.05, 0) is 49.9 Å². The fourth-order valence-electron chi connectivity index (χ4n) is 3.89. The summed E-state index contributed by atoms with van der Waals surface area (Å²) in [5.41, 5.74) is 5.43. The number of amides is 1. The monoisotopic (exact) mass is 403 g/mol. The van der Waals surface area contributed by atoms with Crippen molar-refractivity contribution in [3.8, 4) is 0 Å². The molecule has 0 aliphatic rings. The number of benzene rings is 1. The molecule has 1 aromatic carbocycles. The van der Waals surface area contributed by atoms with Crippen LogP contribution in [-0.4, -0.2) is 15.5 Å². The molecular formula is C25H29N3O2. The van der Waals surface area contributed by atoms with Gasteiger partial charge < -0.3 is 9.88 Å². The first-order chi connectivity index (χ1) is 14.5. The molecule has 0 spiro atoms. The molecule has 0 atom stereocenters. The average Bonchev–Trinajstić information content (AvgIpc) is 2.74. The number of rotatable bonds is 7. The number of anilines is 1. The molecule has 156 valence electrons. The van der Waals surface area contributed by atoms with E-state index in [-0.39, 0.29) is 16.9 Å². The lowest BCUT2D eigenvalue weighted by Gasteiger charge is -2.19. The van der Waals surface area contributed by atoms with E-state index in [1.165, 1.54) is 0 Å². The SMILES string of the molecule is CCc1cccc(CC)c1NC(=O)c1c(C)n(CCc2ccccn2)c(C)cc1=O. The molecule has 2 aromatic heterocycles. The third-order valence-corrected chi connectivity index (χ3v) is 5.56. The Bertz CT molecular complexity index is 1080. The number of carbonyl (C=O) groups excluding carboxylic acids is 1. The second-order valence-corrected chi connectivity index (χ2v) is 7.45. The molecular weight excluding hydrogens is 374 g/mol. The van der Waals surface area contributed by atoms with Gasteiger partial charge in [0.1, 0.15) is 5.56 Å². The minimum atomic E-state index is -0.348. The lowest BCUT2D eigenvalue weighted by Crippen LogP contribution is -2.28. The second-order valence-electron chi connectivity index (χ2n) is 7.45. The molecule has 3 aromatic rings. The molecule has 0 radical (unpaired) electrons. The molecule has 3 rings (SSSR count). The van der Waals surface area contributed by atoms with Gasteiger partial charge >= 0.3 is 0 Å². The number of carbonyl (C=O) groups is 1. The molecule has 30 heavy (non-hydrogen) atoms. The van der Waals surface area contributed by atoms with Crippen LogP contribution in [0.15, 0.2) is 53.5 Å². The van der Waals surface area contributed by atoms with Crippen LogP contribution < -0.4 is 10.7 Å². The first-order valence-corrected chi connectivity index (χ1v) is 10.5. The van der Waals surface area contributed by atoms with Crippen molar-refractivity contribution < 1.29 is 4.79 Å². The van der Waals surface area contributed by atoms with Crippen molar-refractivity contribution in [3.05, 3.63) is 92.7 Å². The molecule has 1 N–H and O–H groups in total. The van der Waals surface area contributed by atoms with Crippen molar-refractivity contribution in [1.29, 1.82) is 0 Å². The highest BCUT2D eigenvalue weighted by Crippen LogP contribution is 2.23. The fraction of sp³-hybridized carbons (Fsp3) is 0.320. The highest BCUT2D eigenvalue weighted by molar-refractivity contribution is 6.05. The van der Waals surface area contributed by atoms with Crippen LogP contribution in [-0.2, 0) is 25.8 Å². The molecule has 0 unspecified atom stereocenters. The van der Waals surface area contributed by atoms with Crippen LogP contribution in [0.25, 0.3) is 0 Å². The fourth-order valence-corrected chi connectivity index (χ4v) is 3.89. The van der Waals surface area contributed by atoms with Crippen LogP contribution in [0.4, 0.5) is 5.69 Å². The van der Waals surface area contributed by atoms with E-state index < -0.39 is 0 Å². The summed E-state index contributed by atoms with van der Waals surface area (Å²) in [7, 11) is 0. The van der Waals surface area contributed by atoms with Gasteiger partial charge in [-0.2, -0.15) is 0 Å². The summed E-state index contributed by atoms with van der Waals surface area (Å²) in [5.74, 6) is -0.348. The molecule has 0 fully saturated rings. The molecule has 0 aliphatic carbocycles. The van der Waals surface area contributed by atoms with Gasteiger partial charge in [-0.1, -0.05) is 38.1 Å². The standard InChI is InChI=1S/C25H29N3O2/c1-5-19-10-9-11-20(6-2)24(19)27-25(30)23-18(4)28(17(3)16-22(23)29)15-13-21-12-7-8-14-26-21/h7-12,14,16H,5-6,13,15H2,1-4H3,(H,27,30). The maximum Gasteiger partial charge on any atom is 0.261 e. The molecule has 5 heteroatoms. The second kappa shape index (κ2) is 9.53. The predicted octanol–water partition coefficient (Wildman–Crippen LogP) is 4.48. The van der Waals surface area contributed by atoms with Gasteiger partial charge in [-0.15, -0.1) is 0 Å². The molecule has 2 heterocycles. The van der Waals surface area contributed by atoms with E-state index in [4.69, 9.17) is 0 Å². The summed E-state index contributed by atoms with van der Waals surface area (Å²) >= 11 is 0. The van der Waals surface area contributed by atoms with Gasteiger partial charge in [0, 0.05) is 48.0 Å². The molecule has 0 saturated carbocycles. The first kappa shape index (κ1) is 21.5. The van der Waals surface area contributed by atoms with Gasteiger partial charge in [0.25, 0.3) is 5.91 Å². The van der Waals surface area contributed by atoms with E-state index in [9.17, 15) is 9.59 Å².